The lowest BCUT2D eigenvalue weighted by Crippen LogP contribution is -2.30. The fourth-order valence-electron chi connectivity index (χ4n) is 15.2. The van der Waals surface area contributed by atoms with Gasteiger partial charge in [0.05, 0.1) is 0 Å². The van der Waals surface area contributed by atoms with Gasteiger partial charge in [0.15, 0.2) is 0 Å². The van der Waals surface area contributed by atoms with Crippen molar-refractivity contribution in [1.82, 2.24) is 0 Å². The SMILES string of the molecule is c1ccc(N(c2ccc(C3CCCCCCCCCCC3)cc2)c2ccc(C3(c4ccc(N(c5ccc(-c6ccc(C7CCCCCCCCCCC7)cc6)cc5)c5ccc(C6CCCCC6)cc5)cc4)CCCCC3)cc2)cc1. The minimum absolute atomic E-state index is 0.0290. The normalized spacial score (nSPS) is 19.1. The van der Waals surface area contributed by atoms with E-state index >= 15 is 0 Å². The van der Waals surface area contributed by atoms with Crippen molar-refractivity contribution in [3.63, 3.8) is 0 Å². The lowest BCUT2D eigenvalue weighted by molar-refractivity contribution is 0.346. The lowest BCUT2D eigenvalue weighted by Gasteiger charge is -2.39. The molecule has 11 rings (SSSR count). The van der Waals surface area contributed by atoms with E-state index in [-0.39, 0.29) is 5.41 Å². The van der Waals surface area contributed by atoms with Crippen molar-refractivity contribution < 1.29 is 0 Å². The summed E-state index contributed by atoms with van der Waals surface area (Å²) in [5, 5.41) is 0. The number of anilines is 6. The van der Waals surface area contributed by atoms with Crippen LogP contribution in [-0.2, 0) is 5.41 Å². The van der Waals surface area contributed by atoms with Crippen LogP contribution < -0.4 is 9.80 Å². The Bertz CT molecular complexity index is 2850. The van der Waals surface area contributed by atoms with Crippen LogP contribution in [0.3, 0.4) is 0 Å². The van der Waals surface area contributed by atoms with Crippen LogP contribution in [0.25, 0.3) is 11.1 Å². The van der Waals surface area contributed by atoms with E-state index < -0.39 is 0 Å². The molecule has 7 aromatic rings. The van der Waals surface area contributed by atoms with Crippen molar-refractivity contribution in [2.24, 2.45) is 0 Å². The lowest BCUT2D eigenvalue weighted by atomic mass is 9.65. The number of hydrogen-bond acceptors (Lipinski definition) is 2. The summed E-state index contributed by atoms with van der Waals surface area (Å²) in [6.45, 7) is 0. The molecule has 2 heteroatoms. The molecule has 418 valence electrons. The third-order valence-electron chi connectivity index (χ3n) is 20.0. The van der Waals surface area contributed by atoms with E-state index in [0.29, 0.717) is 17.8 Å². The van der Waals surface area contributed by atoms with Gasteiger partial charge in [-0.15, -0.1) is 0 Å². The molecular weight excluding hydrogens is 965 g/mol. The monoisotopic (exact) mass is 1060 g/mol. The standard InChI is InChI=1S/C78H96N2/c1-3-7-11-18-28-62(29-19-12-8-4-1)65-36-38-66(39-37-65)69-44-54-75(55-45-69)80(74-52-42-68(43-53-74)64-32-22-15-23-33-64)77-58-48-71(49-59-77)78(60-26-17-27-61-78)70-46-56-76(57-47-70)79(72-34-24-16-25-35-72)73-50-40-67(41-51-73)63-30-20-13-9-5-2-6-10-14-21-31-63/h16,24-25,34-59,62-64H,1-15,17-23,26-33,60-61H2. The van der Waals surface area contributed by atoms with Gasteiger partial charge in [0.25, 0.3) is 0 Å². The van der Waals surface area contributed by atoms with Crippen LogP contribution in [0.5, 0.6) is 0 Å². The molecule has 0 atom stereocenters. The molecule has 4 aliphatic carbocycles. The van der Waals surface area contributed by atoms with Gasteiger partial charge < -0.3 is 9.80 Å². The first-order valence-corrected chi connectivity index (χ1v) is 33.0. The van der Waals surface area contributed by atoms with Crippen molar-refractivity contribution in [3.05, 3.63) is 204 Å². The Balaban J connectivity index is 0.853. The highest BCUT2D eigenvalue weighted by molar-refractivity contribution is 5.79. The summed E-state index contributed by atoms with van der Waals surface area (Å²) >= 11 is 0. The fraction of sp³-hybridized carbons (Fsp3) is 0.462. The van der Waals surface area contributed by atoms with E-state index in [1.165, 1.54) is 273 Å². The van der Waals surface area contributed by atoms with E-state index in [4.69, 9.17) is 0 Å². The summed E-state index contributed by atoms with van der Waals surface area (Å²) in [6, 6.07) is 69.1. The van der Waals surface area contributed by atoms with Crippen LogP contribution >= 0.6 is 0 Å². The first kappa shape index (κ1) is 56.0. The Labute approximate surface area is 484 Å². The van der Waals surface area contributed by atoms with Gasteiger partial charge in [0.2, 0.25) is 0 Å². The van der Waals surface area contributed by atoms with Crippen molar-refractivity contribution in [2.45, 2.75) is 229 Å². The minimum atomic E-state index is -0.0290. The molecule has 0 aromatic heterocycles. The van der Waals surface area contributed by atoms with Gasteiger partial charge in [0, 0.05) is 39.5 Å². The fourth-order valence-corrected chi connectivity index (χ4v) is 15.2. The highest BCUT2D eigenvalue weighted by Gasteiger charge is 2.36. The van der Waals surface area contributed by atoms with Crippen molar-refractivity contribution in [3.8, 4) is 11.1 Å². The number of hydrogen-bond donors (Lipinski definition) is 0. The van der Waals surface area contributed by atoms with Gasteiger partial charge in [-0.1, -0.05) is 257 Å². The second-order valence-electron chi connectivity index (χ2n) is 25.3. The molecule has 0 spiro atoms. The zero-order valence-electron chi connectivity index (χ0n) is 49.0. The Morgan fingerprint density at radius 2 is 0.463 bits per heavy atom. The van der Waals surface area contributed by atoms with Gasteiger partial charge >= 0.3 is 0 Å². The molecule has 2 nitrogen and oxygen atoms in total. The second-order valence-corrected chi connectivity index (χ2v) is 25.3. The maximum atomic E-state index is 2.50. The average molecular weight is 1060 g/mol. The average Bonchev–Trinajstić information content (AvgIpc) is 3.52. The third kappa shape index (κ3) is 14.2. The number of rotatable bonds is 12. The van der Waals surface area contributed by atoms with E-state index in [0.717, 1.165) is 0 Å². The van der Waals surface area contributed by atoms with Gasteiger partial charge in [-0.3, -0.25) is 0 Å². The molecule has 0 bridgehead atoms. The molecule has 0 radical (unpaired) electrons. The van der Waals surface area contributed by atoms with Crippen LogP contribution in [0, 0.1) is 0 Å². The first-order valence-electron chi connectivity index (χ1n) is 33.0. The Morgan fingerprint density at radius 1 is 0.225 bits per heavy atom. The van der Waals surface area contributed by atoms with Crippen LogP contribution in [0.2, 0.25) is 0 Å². The van der Waals surface area contributed by atoms with E-state index in [9.17, 15) is 0 Å². The molecule has 4 aliphatic rings. The van der Waals surface area contributed by atoms with Crippen molar-refractivity contribution in [1.29, 1.82) is 0 Å². The summed E-state index contributed by atoms with van der Waals surface area (Å²) in [4.78, 5) is 4.97. The summed E-state index contributed by atoms with van der Waals surface area (Å²) < 4.78 is 0. The summed E-state index contributed by atoms with van der Waals surface area (Å²) in [5.41, 5.74) is 17.3. The molecule has 0 aliphatic heterocycles. The Kier molecular flexibility index (Phi) is 20.1. The van der Waals surface area contributed by atoms with Crippen LogP contribution in [0.15, 0.2) is 176 Å². The Hall–Kier alpha value is -5.86. The van der Waals surface area contributed by atoms with E-state index in [1.54, 1.807) is 5.56 Å². The van der Waals surface area contributed by atoms with Crippen LogP contribution in [0.4, 0.5) is 34.1 Å². The molecule has 4 fully saturated rings. The van der Waals surface area contributed by atoms with Crippen LogP contribution in [-0.4, -0.2) is 0 Å². The summed E-state index contributed by atoms with van der Waals surface area (Å²) in [5.74, 6) is 2.04. The largest absolute Gasteiger partial charge is 0.311 e. The molecule has 0 heterocycles. The zero-order valence-corrected chi connectivity index (χ0v) is 49.0. The summed E-state index contributed by atoms with van der Waals surface area (Å²) in [6.07, 6.45) is 43.4. The molecular formula is C78H96N2. The maximum Gasteiger partial charge on any atom is 0.0462 e. The molecule has 7 aromatic carbocycles. The second kappa shape index (κ2) is 28.7. The van der Waals surface area contributed by atoms with E-state index in [1.807, 2.05) is 0 Å². The number of para-hydroxylation sites is 1. The number of nitrogens with zero attached hydrogens (tertiary/aromatic N) is 2. The smallest absolute Gasteiger partial charge is 0.0462 e. The predicted molar refractivity (Wildman–Crippen MR) is 344 cm³/mol. The van der Waals surface area contributed by atoms with Gasteiger partial charge in [-0.25, -0.2) is 0 Å². The Morgan fingerprint density at radius 3 is 0.800 bits per heavy atom. The third-order valence-corrected chi connectivity index (χ3v) is 20.0. The molecule has 0 N–H and O–H groups in total. The topological polar surface area (TPSA) is 6.48 Å². The molecule has 80 heavy (non-hydrogen) atoms. The van der Waals surface area contributed by atoms with Gasteiger partial charge in [-0.05, 0) is 181 Å². The van der Waals surface area contributed by atoms with Crippen molar-refractivity contribution >= 4 is 34.1 Å². The molecule has 4 saturated carbocycles. The quantitative estimate of drug-likeness (QED) is 0.120. The van der Waals surface area contributed by atoms with Crippen molar-refractivity contribution in [2.75, 3.05) is 9.80 Å². The zero-order chi connectivity index (χ0) is 54.0. The number of benzene rings is 7. The highest BCUT2D eigenvalue weighted by Crippen LogP contribution is 2.48. The highest BCUT2D eigenvalue weighted by atomic mass is 15.1. The first-order chi connectivity index (χ1) is 39.7. The van der Waals surface area contributed by atoms with Gasteiger partial charge in [-0.2, -0.15) is 0 Å². The van der Waals surface area contributed by atoms with Crippen LogP contribution in [0.1, 0.15) is 251 Å². The molecule has 0 amide bonds. The van der Waals surface area contributed by atoms with E-state index in [2.05, 4.69) is 186 Å². The minimum Gasteiger partial charge on any atom is -0.311 e. The van der Waals surface area contributed by atoms with Gasteiger partial charge in [0.1, 0.15) is 0 Å². The molecule has 0 unspecified atom stereocenters. The summed E-state index contributed by atoms with van der Waals surface area (Å²) in [7, 11) is 0. The maximum absolute atomic E-state index is 2.50. The molecule has 0 saturated heterocycles. The predicted octanol–water partition coefficient (Wildman–Crippen LogP) is 24.4.